The van der Waals surface area contributed by atoms with Crippen molar-refractivity contribution in [3.05, 3.63) is 46.9 Å². The summed E-state index contributed by atoms with van der Waals surface area (Å²) in [6.45, 7) is 3.54. The number of rotatable bonds is 11. The quantitative estimate of drug-likeness (QED) is 0.258. The molecule has 1 aliphatic carbocycles. The van der Waals surface area contributed by atoms with Gasteiger partial charge in [-0.1, -0.05) is 24.9 Å². The smallest absolute Gasteiger partial charge is 0.294 e. The summed E-state index contributed by atoms with van der Waals surface area (Å²) in [7, 11) is 0. The molecule has 0 radical (unpaired) electrons. The highest BCUT2D eigenvalue weighted by Gasteiger charge is 2.32. The van der Waals surface area contributed by atoms with Crippen molar-refractivity contribution < 1.29 is 23.9 Å². The SMILES string of the molecule is CCC(CCCC(C)=O)C1CCC(C(=O)Nc2c(C(=O)Nc3ccc(Cl)cn3)oc3ccc(CO)nc23)CC1. The Labute approximate surface area is 232 Å². The van der Waals surface area contributed by atoms with Gasteiger partial charge in [0.15, 0.2) is 5.58 Å². The Morgan fingerprint density at radius 3 is 2.54 bits per heavy atom. The molecule has 3 heterocycles. The summed E-state index contributed by atoms with van der Waals surface area (Å²) in [5.74, 6) is 0.540. The maximum absolute atomic E-state index is 13.4. The number of aliphatic hydroxyl groups excluding tert-OH is 1. The molecule has 1 saturated carbocycles. The monoisotopic (exact) mass is 554 g/mol. The number of halogens is 1. The number of amides is 2. The van der Waals surface area contributed by atoms with Crippen molar-refractivity contribution in [2.24, 2.45) is 17.8 Å². The summed E-state index contributed by atoms with van der Waals surface area (Å²) < 4.78 is 5.81. The van der Waals surface area contributed by atoms with Gasteiger partial charge in [0.1, 0.15) is 22.8 Å². The number of Topliss-reactive ketones (excluding diaryl/α,β-unsaturated/α-hetero) is 1. The fourth-order valence-corrected chi connectivity index (χ4v) is 5.58. The van der Waals surface area contributed by atoms with Crippen LogP contribution < -0.4 is 10.6 Å². The van der Waals surface area contributed by atoms with E-state index >= 15 is 0 Å². The van der Waals surface area contributed by atoms with Gasteiger partial charge in [-0.15, -0.1) is 0 Å². The molecule has 10 heteroatoms. The molecule has 0 saturated heterocycles. The number of nitrogens with zero attached hydrogens (tertiary/aromatic N) is 2. The Morgan fingerprint density at radius 2 is 1.90 bits per heavy atom. The van der Waals surface area contributed by atoms with Crippen LogP contribution >= 0.6 is 11.6 Å². The summed E-state index contributed by atoms with van der Waals surface area (Å²) in [6.07, 6.45) is 8.47. The van der Waals surface area contributed by atoms with E-state index in [1.165, 1.54) is 6.20 Å². The van der Waals surface area contributed by atoms with Gasteiger partial charge < -0.3 is 25.0 Å². The standard InChI is InChI=1S/C29H35ClN4O5/c1-3-18(6-4-5-17(2)36)19-7-9-20(10-8-19)28(37)34-26-25-23(13-12-22(16-35)32-25)39-27(26)29(38)33-24-14-11-21(30)15-31-24/h11-15,18-20,35H,3-10,16H2,1-2H3,(H,34,37)(H,31,33,38). The van der Waals surface area contributed by atoms with Crippen LogP contribution in [0.2, 0.25) is 5.02 Å². The zero-order valence-electron chi connectivity index (χ0n) is 22.3. The minimum atomic E-state index is -0.594. The van der Waals surface area contributed by atoms with Crippen LogP contribution in [0.4, 0.5) is 11.5 Å². The van der Waals surface area contributed by atoms with Gasteiger partial charge in [-0.25, -0.2) is 9.97 Å². The zero-order valence-corrected chi connectivity index (χ0v) is 23.1. The molecule has 0 bridgehead atoms. The number of aromatic nitrogens is 2. The second-order valence-corrected chi connectivity index (χ2v) is 10.7. The first-order valence-electron chi connectivity index (χ1n) is 13.6. The Hall–Kier alpha value is -3.30. The largest absolute Gasteiger partial charge is 0.447 e. The first kappa shape index (κ1) is 28.7. The van der Waals surface area contributed by atoms with Gasteiger partial charge in [-0.3, -0.25) is 9.59 Å². The molecule has 1 atom stereocenters. The van der Waals surface area contributed by atoms with E-state index in [4.69, 9.17) is 16.0 Å². The van der Waals surface area contributed by atoms with E-state index in [0.29, 0.717) is 40.1 Å². The lowest BCUT2D eigenvalue weighted by Gasteiger charge is -2.33. The number of carbonyl (C=O) groups is 3. The van der Waals surface area contributed by atoms with Gasteiger partial charge in [0.25, 0.3) is 5.91 Å². The summed E-state index contributed by atoms with van der Waals surface area (Å²) in [5.41, 5.74) is 1.18. The van der Waals surface area contributed by atoms with Crippen LogP contribution in [0.1, 0.15) is 81.5 Å². The van der Waals surface area contributed by atoms with Crippen LogP contribution in [-0.2, 0) is 16.2 Å². The highest BCUT2D eigenvalue weighted by molar-refractivity contribution is 6.30. The molecule has 0 aromatic carbocycles. The molecule has 3 aromatic heterocycles. The molecular weight excluding hydrogens is 520 g/mol. The van der Waals surface area contributed by atoms with E-state index in [0.717, 1.165) is 44.9 Å². The molecule has 3 aromatic rings. The number of anilines is 2. The van der Waals surface area contributed by atoms with E-state index in [2.05, 4.69) is 27.5 Å². The van der Waals surface area contributed by atoms with Gasteiger partial charge in [-0.2, -0.15) is 0 Å². The molecule has 4 rings (SSSR count). The topological polar surface area (TPSA) is 134 Å². The molecule has 39 heavy (non-hydrogen) atoms. The number of furan rings is 1. The van der Waals surface area contributed by atoms with Gasteiger partial charge in [0.05, 0.1) is 17.3 Å². The number of nitrogens with one attached hydrogen (secondary N) is 2. The predicted molar refractivity (Wildman–Crippen MR) is 150 cm³/mol. The maximum Gasteiger partial charge on any atom is 0.294 e. The van der Waals surface area contributed by atoms with Crippen LogP contribution in [0.5, 0.6) is 0 Å². The first-order chi connectivity index (χ1) is 18.8. The minimum absolute atomic E-state index is 0.0945. The van der Waals surface area contributed by atoms with Gasteiger partial charge >= 0.3 is 0 Å². The number of hydrogen-bond acceptors (Lipinski definition) is 7. The van der Waals surface area contributed by atoms with Crippen molar-refractivity contribution >= 4 is 51.8 Å². The summed E-state index contributed by atoms with van der Waals surface area (Å²) in [5, 5.41) is 15.6. The third-order valence-electron chi connectivity index (χ3n) is 7.61. The number of hydrogen-bond donors (Lipinski definition) is 3. The number of pyridine rings is 2. The average molecular weight is 555 g/mol. The maximum atomic E-state index is 13.4. The lowest BCUT2D eigenvalue weighted by atomic mass is 9.73. The Balaban J connectivity index is 1.48. The van der Waals surface area contributed by atoms with E-state index in [1.54, 1.807) is 31.2 Å². The second-order valence-electron chi connectivity index (χ2n) is 10.3. The second kappa shape index (κ2) is 13.2. The van der Waals surface area contributed by atoms with Crippen molar-refractivity contribution in [1.29, 1.82) is 0 Å². The van der Waals surface area contributed by atoms with E-state index in [-0.39, 0.29) is 41.5 Å². The van der Waals surface area contributed by atoms with Crippen molar-refractivity contribution in [2.45, 2.75) is 71.8 Å². The number of carbonyl (C=O) groups excluding carboxylic acids is 3. The minimum Gasteiger partial charge on any atom is -0.447 e. The average Bonchev–Trinajstić information content (AvgIpc) is 3.29. The first-order valence-corrected chi connectivity index (χ1v) is 13.9. The summed E-state index contributed by atoms with van der Waals surface area (Å²) in [4.78, 5) is 46.4. The molecule has 208 valence electrons. The molecule has 1 unspecified atom stereocenters. The third-order valence-corrected chi connectivity index (χ3v) is 7.84. The van der Waals surface area contributed by atoms with Gasteiger partial charge in [0.2, 0.25) is 11.7 Å². The highest BCUT2D eigenvalue weighted by atomic mass is 35.5. The Morgan fingerprint density at radius 1 is 1.13 bits per heavy atom. The van der Waals surface area contributed by atoms with E-state index in [1.807, 2.05) is 0 Å². The molecule has 0 spiro atoms. The van der Waals surface area contributed by atoms with E-state index in [9.17, 15) is 19.5 Å². The molecule has 9 nitrogen and oxygen atoms in total. The number of fused-ring (bicyclic) bond motifs is 1. The normalized spacial score (nSPS) is 18.1. The molecule has 1 aliphatic rings. The van der Waals surface area contributed by atoms with Crippen molar-refractivity contribution in [3.8, 4) is 0 Å². The third kappa shape index (κ3) is 7.22. The van der Waals surface area contributed by atoms with Gasteiger partial charge in [-0.05, 0) is 81.5 Å². The van der Waals surface area contributed by atoms with Crippen LogP contribution in [0, 0.1) is 17.8 Å². The molecule has 2 amide bonds. The van der Waals surface area contributed by atoms with Gasteiger partial charge in [0, 0.05) is 18.5 Å². The lowest BCUT2D eigenvalue weighted by molar-refractivity contribution is -0.121. The molecule has 0 aliphatic heterocycles. The Bertz CT molecular complexity index is 1320. The van der Waals surface area contributed by atoms with E-state index < -0.39 is 5.91 Å². The predicted octanol–water partition coefficient (Wildman–Crippen LogP) is 6.15. The fourth-order valence-electron chi connectivity index (χ4n) is 5.47. The lowest BCUT2D eigenvalue weighted by Crippen LogP contribution is -2.30. The van der Waals surface area contributed by atoms with Crippen LogP contribution in [0.25, 0.3) is 11.1 Å². The van der Waals surface area contributed by atoms with Crippen molar-refractivity contribution in [3.63, 3.8) is 0 Å². The van der Waals surface area contributed by atoms with Crippen LogP contribution in [0.15, 0.2) is 34.9 Å². The molecule has 1 fully saturated rings. The van der Waals surface area contributed by atoms with Crippen LogP contribution in [0.3, 0.4) is 0 Å². The van der Waals surface area contributed by atoms with Crippen LogP contribution in [-0.4, -0.2) is 32.7 Å². The Kier molecular flexibility index (Phi) is 9.69. The summed E-state index contributed by atoms with van der Waals surface area (Å²) in [6, 6.07) is 6.37. The summed E-state index contributed by atoms with van der Waals surface area (Å²) >= 11 is 5.89. The molecular formula is C29H35ClN4O5. The number of aliphatic hydroxyl groups is 1. The highest BCUT2D eigenvalue weighted by Crippen LogP contribution is 2.38. The van der Waals surface area contributed by atoms with Crippen molar-refractivity contribution in [1.82, 2.24) is 9.97 Å². The number of ketones is 1. The zero-order chi connectivity index (χ0) is 27.9. The van der Waals surface area contributed by atoms with Crippen molar-refractivity contribution in [2.75, 3.05) is 10.6 Å². The fraction of sp³-hybridized carbons (Fsp3) is 0.483. The molecule has 3 N–H and O–H groups in total.